The Balaban J connectivity index is 2.56. The Bertz CT molecular complexity index is 538. The molecule has 0 saturated carbocycles. The Morgan fingerprint density at radius 1 is 1.41 bits per heavy atom. The highest BCUT2D eigenvalue weighted by atomic mass is 79.9. The van der Waals surface area contributed by atoms with Gasteiger partial charge in [0, 0.05) is 16.6 Å². The van der Waals surface area contributed by atoms with E-state index in [9.17, 15) is 0 Å². The predicted octanol–water partition coefficient (Wildman–Crippen LogP) is 2.84. The second-order valence-electron chi connectivity index (χ2n) is 3.51. The molecule has 1 aromatic carbocycles. The molecule has 1 heterocycles. The molecule has 0 saturated heterocycles. The third-order valence-corrected chi connectivity index (χ3v) is 3.30. The molecule has 2 aromatic rings. The van der Waals surface area contributed by atoms with Crippen LogP contribution < -0.4 is 5.73 Å². The zero-order valence-electron chi connectivity index (χ0n) is 9.32. The van der Waals surface area contributed by atoms with Crippen molar-refractivity contribution in [1.29, 1.82) is 0 Å². The Hall–Kier alpha value is -0.910. The average molecular weight is 316 g/mol. The molecule has 0 aliphatic heterocycles. The first-order valence-corrected chi connectivity index (χ1v) is 6.42. The molecule has 90 valence electrons. The van der Waals surface area contributed by atoms with E-state index in [1.807, 2.05) is 29.7 Å². The third-order valence-electron chi connectivity index (χ3n) is 2.50. The van der Waals surface area contributed by atoms with Gasteiger partial charge in [-0.3, -0.25) is 0 Å². The summed E-state index contributed by atoms with van der Waals surface area (Å²) < 4.78 is 2.91. The summed E-state index contributed by atoms with van der Waals surface area (Å²) in [5.41, 5.74) is 6.48. The van der Waals surface area contributed by atoms with Crippen molar-refractivity contribution in [2.45, 2.75) is 20.0 Å². The van der Waals surface area contributed by atoms with Gasteiger partial charge < -0.3 is 10.3 Å². The van der Waals surface area contributed by atoms with Crippen LogP contribution in [0.1, 0.15) is 12.7 Å². The molecule has 6 heteroatoms. The van der Waals surface area contributed by atoms with Gasteiger partial charge in [-0.15, -0.1) is 10.2 Å². The van der Waals surface area contributed by atoms with Gasteiger partial charge in [-0.05, 0) is 25.1 Å². The smallest absolute Gasteiger partial charge is 0.165 e. The van der Waals surface area contributed by atoms with Gasteiger partial charge in [0.25, 0.3) is 0 Å². The van der Waals surface area contributed by atoms with Gasteiger partial charge >= 0.3 is 0 Å². The van der Waals surface area contributed by atoms with Crippen molar-refractivity contribution < 1.29 is 0 Å². The minimum absolute atomic E-state index is 0.370. The normalized spacial score (nSPS) is 10.8. The third kappa shape index (κ3) is 2.36. The zero-order chi connectivity index (χ0) is 12.4. The zero-order valence-corrected chi connectivity index (χ0v) is 11.7. The van der Waals surface area contributed by atoms with Crippen LogP contribution in [0.3, 0.4) is 0 Å². The van der Waals surface area contributed by atoms with Crippen LogP contribution in [0.25, 0.3) is 11.4 Å². The summed E-state index contributed by atoms with van der Waals surface area (Å²) in [6, 6.07) is 5.69. The van der Waals surface area contributed by atoms with Crippen LogP contribution in [-0.4, -0.2) is 14.8 Å². The first-order chi connectivity index (χ1) is 8.17. The highest BCUT2D eigenvalue weighted by Crippen LogP contribution is 2.29. The minimum atomic E-state index is 0.370. The maximum atomic E-state index is 6.20. The van der Waals surface area contributed by atoms with E-state index in [0.717, 1.165) is 28.2 Å². The summed E-state index contributed by atoms with van der Waals surface area (Å²) in [6.45, 7) is 3.16. The number of benzene rings is 1. The fraction of sp³-hybridized carbons (Fsp3) is 0.273. The highest BCUT2D eigenvalue weighted by Gasteiger charge is 2.14. The fourth-order valence-corrected chi connectivity index (χ4v) is 2.45. The summed E-state index contributed by atoms with van der Waals surface area (Å²) in [6.07, 6.45) is 0. The SMILES string of the molecule is CCn1c(CN)nnc1-c1ccc(Br)cc1Cl. The number of halogens is 2. The molecule has 17 heavy (non-hydrogen) atoms. The standard InChI is InChI=1S/C11H12BrClN4/c1-2-17-10(6-14)15-16-11(17)8-4-3-7(12)5-9(8)13/h3-5H,2,6,14H2,1H3. The van der Waals surface area contributed by atoms with Crippen molar-refractivity contribution in [2.24, 2.45) is 5.73 Å². The van der Waals surface area contributed by atoms with Crippen molar-refractivity contribution in [1.82, 2.24) is 14.8 Å². The van der Waals surface area contributed by atoms with Crippen LogP contribution in [0.15, 0.2) is 22.7 Å². The minimum Gasteiger partial charge on any atom is -0.324 e. The van der Waals surface area contributed by atoms with E-state index >= 15 is 0 Å². The lowest BCUT2D eigenvalue weighted by Crippen LogP contribution is -2.08. The van der Waals surface area contributed by atoms with Crippen molar-refractivity contribution in [2.75, 3.05) is 0 Å². The molecule has 0 fully saturated rings. The van der Waals surface area contributed by atoms with E-state index in [4.69, 9.17) is 17.3 Å². The molecule has 0 amide bonds. The summed E-state index contributed by atoms with van der Waals surface area (Å²) in [4.78, 5) is 0. The van der Waals surface area contributed by atoms with E-state index in [1.54, 1.807) is 0 Å². The second kappa shape index (κ2) is 5.16. The molecule has 0 aliphatic carbocycles. The first-order valence-electron chi connectivity index (χ1n) is 5.25. The van der Waals surface area contributed by atoms with Crippen molar-refractivity contribution in [3.63, 3.8) is 0 Å². The van der Waals surface area contributed by atoms with Gasteiger partial charge in [-0.25, -0.2) is 0 Å². The van der Waals surface area contributed by atoms with Gasteiger partial charge in [0.2, 0.25) is 0 Å². The van der Waals surface area contributed by atoms with Crippen LogP contribution >= 0.6 is 27.5 Å². The highest BCUT2D eigenvalue weighted by molar-refractivity contribution is 9.10. The van der Waals surface area contributed by atoms with Crippen molar-refractivity contribution >= 4 is 27.5 Å². The van der Waals surface area contributed by atoms with E-state index in [1.165, 1.54) is 0 Å². The molecule has 2 rings (SSSR count). The van der Waals surface area contributed by atoms with Crippen LogP contribution in [0.2, 0.25) is 5.02 Å². The average Bonchev–Trinajstić information content (AvgIpc) is 2.71. The summed E-state index contributed by atoms with van der Waals surface area (Å²) in [7, 11) is 0. The lowest BCUT2D eigenvalue weighted by molar-refractivity contribution is 0.704. The van der Waals surface area contributed by atoms with Crippen molar-refractivity contribution in [3.05, 3.63) is 33.5 Å². The summed E-state index contributed by atoms with van der Waals surface area (Å²) >= 11 is 9.58. The predicted molar refractivity (Wildman–Crippen MR) is 71.7 cm³/mol. The van der Waals surface area contributed by atoms with Gasteiger partial charge in [-0.1, -0.05) is 27.5 Å². The van der Waals surface area contributed by atoms with Gasteiger partial charge in [-0.2, -0.15) is 0 Å². The van der Waals surface area contributed by atoms with E-state index in [2.05, 4.69) is 26.1 Å². The van der Waals surface area contributed by atoms with Crippen LogP contribution in [0.4, 0.5) is 0 Å². The topological polar surface area (TPSA) is 56.7 Å². The molecule has 0 unspecified atom stereocenters. The van der Waals surface area contributed by atoms with Crippen LogP contribution in [-0.2, 0) is 13.1 Å². The number of aromatic nitrogens is 3. The summed E-state index contributed by atoms with van der Waals surface area (Å²) in [5.74, 6) is 1.52. The van der Waals surface area contributed by atoms with Gasteiger partial charge in [0.15, 0.2) is 5.82 Å². The van der Waals surface area contributed by atoms with Crippen LogP contribution in [0.5, 0.6) is 0 Å². The molecular formula is C11H12BrClN4. The van der Waals surface area contributed by atoms with E-state index in [-0.39, 0.29) is 0 Å². The molecule has 4 nitrogen and oxygen atoms in total. The van der Waals surface area contributed by atoms with Gasteiger partial charge in [0.1, 0.15) is 5.82 Å². The number of nitrogens with two attached hydrogens (primary N) is 1. The molecule has 0 aliphatic rings. The lowest BCUT2D eigenvalue weighted by atomic mass is 10.2. The summed E-state index contributed by atoms with van der Waals surface area (Å²) in [5, 5.41) is 8.86. The Morgan fingerprint density at radius 3 is 2.76 bits per heavy atom. The van der Waals surface area contributed by atoms with Crippen LogP contribution in [0, 0.1) is 0 Å². The van der Waals surface area contributed by atoms with E-state index < -0.39 is 0 Å². The Kier molecular flexibility index (Phi) is 3.81. The number of nitrogens with zero attached hydrogens (tertiary/aromatic N) is 3. The van der Waals surface area contributed by atoms with Gasteiger partial charge in [0.05, 0.1) is 11.6 Å². The van der Waals surface area contributed by atoms with Crippen molar-refractivity contribution in [3.8, 4) is 11.4 Å². The second-order valence-corrected chi connectivity index (χ2v) is 4.84. The maximum absolute atomic E-state index is 6.20. The fourth-order valence-electron chi connectivity index (χ4n) is 1.69. The number of hydrogen-bond acceptors (Lipinski definition) is 3. The largest absolute Gasteiger partial charge is 0.324 e. The molecule has 0 bridgehead atoms. The molecule has 2 N–H and O–H groups in total. The quantitative estimate of drug-likeness (QED) is 0.947. The molecule has 0 radical (unpaired) electrons. The maximum Gasteiger partial charge on any atom is 0.165 e. The molecule has 1 aromatic heterocycles. The monoisotopic (exact) mass is 314 g/mol. The lowest BCUT2D eigenvalue weighted by Gasteiger charge is -2.07. The first kappa shape index (κ1) is 12.5. The Labute approximate surface area is 113 Å². The van der Waals surface area contributed by atoms with E-state index in [0.29, 0.717) is 11.6 Å². The molecule has 0 atom stereocenters. The number of hydrogen-bond donors (Lipinski definition) is 1. The number of rotatable bonds is 3. The molecule has 0 spiro atoms. The molecular weight excluding hydrogens is 304 g/mol. The Morgan fingerprint density at radius 2 is 2.18 bits per heavy atom.